The lowest BCUT2D eigenvalue weighted by molar-refractivity contribution is -0.147. The van der Waals surface area contributed by atoms with Crippen LogP contribution in [0.15, 0.2) is 18.2 Å². The highest BCUT2D eigenvalue weighted by molar-refractivity contribution is 6.35. The summed E-state index contributed by atoms with van der Waals surface area (Å²) in [5.74, 6) is 2.01. The van der Waals surface area contributed by atoms with Gasteiger partial charge in [0.05, 0.1) is 12.6 Å². The van der Waals surface area contributed by atoms with Crippen molar-refractivity contribution in [2.24, 2.45) is 23.2 Å². The van der Waals surface area contributed by atoms with Gasteiger partial charge < -0.3 is 10.6 Å². The number of halogens is 2. The van der Waals surface area contributed by atoms with Crippen LogP contribution in [0.3, 0.4) is 0 Å². The highest BCUT2D eigenvalue weighted by atomic mass is 35.5. The molecule has 1 atom stereocenters. The Morgan fingerprint density at radius 2 is 1.70 bits per heavy atom. The first-order valence-electron chi connectivity index (χ1n) is 9.87. The summed E-state index contributed by atoms with van der Waals surface area (Å²) < 4.78 is 0. The molecule has 4 saturated carbocycles. The summed E-state index contributed by atoms with van der Waals surface area (Å²) in [5.41, 5.74) is 0.585. The van der Waals surface area contributed by atoms with Crippen molar-refractivity contribution in [2.75, 3.05) is 6.54 Å². The second-order valence-corrected chi connectivity index (χ2v) is 9.68. The molecular weight excluding hydrogens is 383 g/mol. The molecule has 2 amide bonds. The number of benzene rings is 1. The summed E-state index contributed by atoms with van der Waals surface area (Å²) in [4.78, 5) is 25.3. The van der Waals surface area contributed by atoms with Crippen LogP contribution >= 0.6 is 23.2 Å². The Balaban J connectivity index is 1.32. The molecule has 146 valence electrons. The highest BCUT2D eigenvalue weighted by Gasteiger charge is 2.54. The van der Waals surface area contributed by atoms with E-state index in [2.05, 4.69) is 10.6 Å². The van der Waals surface area contributed by atoms with Crippen molar-refractivity contribution in [3.63, 3.8) is 0 Å². The van der Waals surface area contributed by atoms with E-state index in [-0.39, 0.29) is 29.8 Å². The maximum Gasteiger partial charge on any atom is 0.239 e. The smallest absolute Gasteiger partial charge is 0.239 e. The van der Waals surface area contributed by atoms with Gasteiger partial charge in [0, 0.05) is 15.5 Å². The molecular formula is C21H26Cl2N2O2. The van der Waals surface area contributed by atoms with Crippen LogP contribution in [0.4, 0.5) is 0 Å². The molecule has 5 rings (SSSR count). The zero-order chi connectivity index (χ0) is 19.2. The summed E-state index contributed by atoms with van der Waals surface area (Å²) in [6.45, 7) is 1.88. The van der Waals surface area contributed by atoms with Crippen molar-refractivity contribution >= 4 is 35.0 Å². The number of carbonyl (C=O) groups is 2. The lowest BCUT2D eigenvalue weighted by Crippen LogP contribution is -2.54. The Labute approximate surface area is 170 Å². The SMILES string of the molecule is CC(NC(=O)CNC(=O)C12CC3CC(CC(C3)C1)C2)c1ccc(Cl)cc1Cl. The quantitative estimate of drug-likeness (QED) is 0.752. The van der Waals surface area contributed by atoms with Gasteiger partial charge in [-0.3, -0.25) is 9.59 Å². The van der Waals surface area contributed by atoms with E-state index >= 15 is 0 Å². The molecule has 6 heteroatoms. The zero-order valence-electron chi connectivity index (χ0n) is 15.6. The average Bonchev–Trinajstić information content (AvgIpc) is 2.58. The topological polar surface area (TPSA) is 58.2 Å². The van der Waals surface area contributed by atoms with Crippen LogP contribution in [-0.4, -0.2) is 18.4 Å². The molecule has 4 nitrogen and oxygen atoms in total. The molecule has 27 heavy (non-hydrogen) atoms. The first-order chi connectivity index (χ1) is 12.8. The summed E-state index contributed by atoms with van der Waals surface area (Å²) in [5, 5.41) is 6.90. The van der Waals surface area contributed by atoms with Gasteiger partial charge >= 0.3 is 0 Å². The first kappa shape index (κ1) is 19.1. The fourth-order valence-electron chi connectivity index (χ4n) is 5.96. The Morgan fingerprint density at radius 3 is 2.26 bits per heavy atom. The molecule has 0 aliphatic heterocycles. The molecule has 0 saturated heterocycles. The van der Waals surface area contributed by atoms with Gasteiger partial charge in [-0.2, -0.15) is 0 Å². The van der Waals surface area contributed by atoms with Crippen molar-refractivity contribution in [1.29, 1.82) is 0 Å². The van der Waals surface area contributed by atoms with E-state index in [9.17, 15) is 9.59 Å². The highest BCUT2D eigenvalue weighted by Crippen LogP contribution is 2.60. The normalized spacial score (nSPS) is 32.2. The molecule has 1 aromatic rings. The Hall–Kier alpha value is -1.26. The van der Waals surface area contributed by atoms with Crippen molar-refractivity contribution in [3.8, 4) is 0 Å². The van der Waals surface area contributed by atoms with Crippen LogP contribution in [0.1, 0.15) is 57.1 Å². The van der Waals surface area contributed by atoms with E-state index in [0.717, 1.165) is 24.8 Å². The third-order valence-electron chi connectivity index (χ3n) is 6.74. The zero-order valence-corrected chi connectivity index (χ0v) is 17.1. The molecule has 1 unspecified atom stereocenters. The first-order valence-corrected chi connectivity index (χ1v) is 10.6. The van der Waals surface area contributed by atoms with Crippen LogP contribution in [0, 0.1) is 23.2 Å². The predicted octanol–water partition coefficient (Wildman–Crippen LogP) is 4.50. The van der Waals surface area contributed by atoms with Crippen LogP contribution < -0.4 is 10.6 Å². The summed E-state index contributed by atoms with van der Waals surface area (Å²) in [6.07, 6.45) is 6.90. The summed E-state index contributed by atoms with van der Waals surface area (Å²) >= 11 is 12.1. The minimum Gasteiger partial charge on any atom is -0.348 e. The van der Waals surface area contributed by atoms with Crippen molar-refractivity contribution in [2.45, 2.75) is 51.5 Å². The molecule has 4 fully saturated rings. The van der Waals surface area contributed by atoms with E-state index in [0.29, 0.717) is 27.8 Å². The van der Waals surface area contributed by atoms with E-state index in [1.807, 2.05) is 13.0 Å². The predicted molar refractivity (Wildman–Crippen MR) is 107 cm³/mol. The molecule has 1 aromatic carbocycles. The van der Waals surface area contributed by atoms with Gasteiger partial charge in [0.1, 0.15) is 0 Å². The second kappa shape index (κ2) is 7.29. The lowest BCUT2D eigenvalue weighted by Gasteiger charge is -2.55. The third-order valence-corrected chi connectivity index (χ3v) is 7.30. The molecule has 0 aromatic heterocycles. The van der Waals surface area contributed by atoms with E-state index < -0.39 is 0 Å². The van der Waals surface area contributed by atoms with Gasteiger partial charge in [0.2, 0.25) is 11.8 Å². The average molecular weight is 409 g/mol. The Kier molecular flexibility index (Phi) is 5.15. The van der Waals surface area contributed by atoms with Crippen molar-refractivity contribution in [1.82, 2.24) is 10.6 Å². The van der Waals surface area contributed by atoms with Gasteiger partial charge in [0.15, 0.2) is 0 Å². The van der Waals surface area contributed by atoms with E-state index in [1.54, 1.807) is 12.1 Å². The van der Waals surface area contributed by atoms with Crippen molar-refractivity contribution < 1.29 is 9.59 Å². The Morgan fingerprint density at radius 1 is 1.11 bits per heavy atom. The molecule has 4 aliphatic rings. The van der Waals surface area contributed by atoms with Crippen LogP contribution in [0.5, 0.6) is 0 Å². The fraction of sp³-hybridized carbons (Fsp3) is 0.619. The summed E-state index contributed by atoms with van der Waals surface area (Å²) in [7, 11) is 0. The summed E-state index contributed by atoms with van der Waals surface area (Å²) in [6, 6.07) is 4.97. The third kappa shape index (κ3) is 3.84. The van der Waals surface area contributed by atoms with Gasteiger partial charge in [-0.15, -0.1) is 0 Å². The Bertz CT molecular complexity index is 729. The van der Waals surface area contributed by atoms with Crippen LogP contribution in [-0.2, 0) is 9.59 Å². The lowest BCUT2D eigenvalue weighted by atomic mass is 9.49. The number of nitrogens with one attached hydrogen (secondary N) is 2. The van der Waals surface area contributed by atoms with Gasteiger partial charge in [-0.25, -0.2) is 0 Å². The maximum absolute atomic E-state index is 12.9. The fourth-order valence-corrected chi connectivity index (χ4v) is 6.53. The molecule has 2 N–H and O–H groups in total. The van der Waals surface area contributed by atoms with Crippen LogP contribution in [0.25, 0.3) is 0 Å². The van der Waals surface area contributed by atoms with Gasteiger partial charge in [0.25, 0.3) is 0 Å². The number of hydrogen-bond donors (Lipinski definition) is 2. The van der Waals surface area contributed by atoms with E-state index in [1.165, 1.54) is 19.3 Å². The van der Waals surface area contributed by atoms with Crippen molar-refractivity contribution in [3.05, 3.63) is 33.8 Å². The minimum atomic E-state index is -0.251. The number of amides is 2. The molecule has 4 aliphatic carbocycles. The second-order valence-electron chi connectivity index (χ2n) is 8.84. The number of rotatable bonds is 5. The largest absolute Gasteiger partial charge is 0.348 e. The van der Waals surface area contributed by atoms with Gasteiger partial charge in [-0.05, 0) is 80.9 Å². The maximum atomic E-state index is 12.9. The molecule has 0 radical (unpaired) electrons. The monoisotopic (exact) mass is 408 g/mol. The van der Waals surface area contributed by atoms with E-state index in [4.69, 9.17) is 23.2 Å². The number of hydrogen-bond acceptors (Lipinski definition) is 2. The van der Waals surface area contributed by atoms with Crippen LogP contribution in [0.2, 0.25) is 10.0 Å². The molecule has 0 heterocycles. The molecule has 4 bridgehead atoms. The minimum absolute atomic E-state index is 0.0101. The number of carbonyl (C=O) groups excluding carboxylic acids is 2. The molecule has 0 spiro atoms. The standard InChI is InChI=1S/C21H26Cl2N2O2/c1-12(17-3-2-16(22)7-18(17)23)25-19(26)11-24-20(27)21-8-13-4-14(9-21)6-15(5-13)10-21/h2-3,7,12-15H,4-6,8-11H2,1H3,(H,24,27)(H,25,26). The van der Waals surface area contributed by atoms with Gasteiger partial charge in [-0.1, -0.05) is 29.3 Å².